The van der Waals surface area contributed by atoms with Crippen LogP contribution in [0.1, 0.15) is 20.7 Å². The molecular weight excluding hydrogens is 342 g/mol. The Morgan fingerprint density at radius 2 is 0.957 bits per heavy atom. The molecule has 0 saturated carbocycles. The first-order valence-electron chi connectivity index (χ1n) is 5.35. The fourth-order valence-electron chi connectivity index (χ4n) is 1.25. The first-order chi connectivity index (χ1) is 9.43. The maximum Gasteiger partial charge on any atom is 2.00 e. The molecule has 0 aliphatic carbocycles. The molecule has 0 radical (unpaired) electrons. The average molecular weight is 354 g/mol. The molecule has 2 aromatic rings. The van der Waals surface area contributed by atoms with E-state index in [1.807, 2.05) is 0 Å². The van der Waals surface area contributed by atoms with E-state index in [0.29, 0.717) is 0 Å². The van der Waals surface area contributed by atoms with Crippen molar-refractivity contribution in [2.45, 2.75) is 0 Å². The summed E-state index contributed by atoms with van der Waals surface area (Å²) in [5.41, 5.74) is -0.801. The van der Waals surface area contributed by atoms with E-state index in [0.717, 1.165) is 24.3 Å². The standard InChI is InChI=1S/2C7H5FO2.Ca.2H2O/c2*8-6-4-2-1-3-5(6)7(9)10;;;/h2*1-4H,(H,9,10);;2*1H2/q;;+2;;/p-2. The molecule has 0 aliphatic rings. The van der Waals surface area contributed by atoms with E-state index in [2.05, 4.69) is 0 Å². The summed E-state index contributed by atoms with van der Waals surface area (Å²) in [4.78, 5) is 20.1. The Morgan fingerprint density at radius 3 is 1.13 bits per heavy atom. The minimum atomic E-state index is -1.49. The fourth-order valence-corrected chi connectivity index (χ4v) is 1.25. The molecule has 9 heteroatoms. The zero-order valence-corrected chi connectivity index (χ0v) is 13.9. The summed E-state index contributed by atoms with van der Waals surface area (Å²) in [6.45, 7) is 0. The molecule has 0 amide bonds. The van der Waals surface area contributed by atoms with Gasteiger partial charge in [0.25, 0.3) is 0 Å². The van der Waals surface area contributed by atoms with Crippen LogP contribution in [0.15, 0.2) is 48.5 Å². The maximum atomic E-state index is 12.4. The Hall–Kier alpha value is -1.58. The van der Waals surface area contributed by atoms with E-state index in [4.69, 9.17) is 0 Å². The fraction of sp³-hybridized carbons (Fsp3) is 0. The molecule has 0 aliphatic heterocycles. The molecule has 23 heavy (non-hydrogen) atoms. The van der Waals surface area contributed by atoms with E-state index in [-0.39, 0.29) is 48.7 Å². The molecule has 0 unspecified atom stereocenters. The second-order valence-corrected chi connectivity index (χ2v) is 3.53. The van der Waals surface area contributed by atoms with E-state index >= 15 is 0 Å². The number of carbonyl (C=O) groups is 2. The average Bonchev–Trinajstić information content (AvgIpc) is 2.40. The molecule has 0 spiro atoms. The second-order valence-electron chi connectivity index (χ2n) is 3.53. The number of aromatic carboxylic acids is 2. The topological polar surface area (TPSA) is 143 Å². The van der Waals surface area contributed by atoms with Gasteiger partial charge in [-0.25, -0.2) is 8.78 Å². The van der Waals surface area contributed by atoms with Crippen molar-refractivity contribution in [2.24, 2.45) is 0 Å². The first kappa shape index (κ1) is 26.3. The van der Waals surface area contributed by atoms with Gasteiger partial charge in [-0.05, 0) is 12.1 Å². The largest absolute Gasteiger partial charge is 2.00 e. The van der Waals surface area contributed by atoms with Crippen molar-refractivity contribution in [2.75, 3.05) is 0 Å². The van der Waals surface area contributed by atoms with Gasteiger partial charge in [-0.15, -0.1) is 0 Å². The quantitative estimate of drug-likeness (QED) is 0.595. The summed E-state index contributed by atoms with van der Waals surface area (Å²) in [7, 11) is 0. The molecule has 2 rings (SSSR count). The van der Waals surface area contributed by atoms with Gasteiger partial charge in [-0.2, -0.15) is 0 Å². The normalized spacial score (nSPS) is 8.09. The zero-order chi connectivity index (χ0) is 15.1. The third-order valence-corrected chi connectivity index (χ3v) is 2.19. The minimum absolute atomic E-state index is 0. The van der Waals surface area contributed by atoms with Gasteiger partial charge < -0.3 is 30.8 Å². The summed E-state index contributed by atoms with van der Waals surface area (Å²) >= 11 is 0. The molecule has 0 aromatic heterocycles. The van der Waals surface area contributed by atoms with E-state index in [9.17, 15) is 28.6 Å². The summed E-state index contributed by atoms with van der Waals surface area (Å²) in [5, 5.41) is 20.1. The molecule has 2 aromatic carbocycles. The van der Waals surface area contributed by atoms with Gasteiger partial charge >= 0.3 is 37.7 Å². The van der Waals surface area contributed by atoms with Gasteiger partial charge in [0.05, 0.1) is 11.9 Å². The zero-order valence-electron chi connectivity index (χ0n) is 11.7. The summed E-state index contributed by atoms with van der Waals surface area (Å²) in [5.74, 6) is -4.50. The van der Waals surface area contributed by atoms with Crippen LogP contribution < -0.4 is 10.2 Å². The van der Waals surface area contributed by atoms with Crippen LogP contribution in [0, 0.1) is 11.6 Å². The van der Waals surface area contributed by atoms with Crippen molar-refractivity contribution >= 4 is 49.7 Å². The molecule has 0 bridgehead atoms. The van der Waals surface area contributed by atoms with Crippen molar-refractivity contribution in [3.63, 3.8) is 0 Å². The number of halogens is 2. The third-order valence-electron chi connectivity index (χ3n) is 2.19. The number of rotatable bonds is 2. The van der Waals surface area contributed by atoms with Crippen LogP contribution in [0.4, 0.5) is 8.78 Å². The Labute approximate surface area is 160 Å². The number of hydrogen-bond donors (Lipinski definition) is 0. The van der Waals surface area contributed by atoms with Crippen LogP contribution in [-0.2, 0) is 0 Å². The van der Waals surface area contributed by atoms with Gasteiger partial charge in [-0.3, -0.25) is 0 Å². The van der Waals surface area contributed by atoms with Crippen LogP contribution in [0.5, 0.6) is 0 Å². The number of carbonyl (C=O) groups excluding carboxylic acids is 2. The van der Waals surface area contributed by atoms with Gasteiger partial charge in [0.15, 0.2) is 0 Å². The number of carboxylic acid groups (broad SMARTS) is 2. The Kier molecular flexibility index (Phi) is 14.8. The molecule has 120 valence electrons. The monoisotopic (exact) mass is 354 g/mol. The van der Waals surface area contributed by atoms with Crippen LogP contribution >= 0.6 is 0 Å². The number of carboxylic acids is 2. The van der Waals surface area contributed by atoms with E-state index in [1.165, 1.54) is 24.3 Å². The SMILES string of the molecule is O.O.O=C([O-])c1ccccc1F.O=C([O-])c1ccccc1F.[Ca+2]. The predicted molar refractivity (Wildman–Crippen MR) is 74.4 cm³/mol. The van der Waals surface area contributed by atoms with Crippen LogP contribution in [0.25, 0.3) is 0 Å². The molecule has 0 heterocycles. The van der Waals surface area contributed by atoms with Crippen LogP contribution in [-0.4, -0.2) is 60.6 Å². The number of benzene rings is 2. The number of hydrogen-bond acceptors (Lipinski definition) is 4. The molecule has 0 atom stereocenters. The Balaban J connectivity index is -0.000000308. The minimum Gasteiger partial charge on any atom is -0.545 e. The summed E-state index contributed by atoms with van der Waals surface area (Å²) < 4.78 is 24.8. The second kappa shape index (κ2) is 12.9. The summed E-state index contributed by atoms with van der Waals surface area (Å²) in [6.07, 6.45) is 0. The van der Waals surface area contributed by atoms with E-state index < -0.39 is 34.7 Å². The van der Waals surface area contributed by atoms with Gasteiger partial charge in [-0.1, -0.05) is 36.4 Å². The Bertz CT molecular complexity index is 581. The first-order valence-corrected chi connectivity index (χ1v) is 5.35. The van der Waals surface area contributed by atoms with Gasteiger partial charge in [0, 0.05) is 11.1 Å². The van der Waals surface area contributed by atoms with Crippen molar-refractivity contribution in [3.8, 4) is 0 Å². The molecule has 4 N–H and O–H groups in total. The van der Waals surface area contributed by atoms with Crippen molar-refractivity contribution in [1.29, 1.82) is 0 Å². The van der Waals surface area contributed by atoms with Crippen LogP contribution in [0.3, 0.4) is 0 Å². The molecular formula is C14H12CaF2O6. The Morgan fingerprint density at radius 1 is 0.696 bits per heavy atom. The molecule has 0 fully saturated rings. The van der Waals surface area contributed by atoms with Gasteiger partial charge in [0.2, 0.25) is 0 Å². The van der Waals surface area contributed by atoms with Crippen LogP contribution in [0.2, 0.25) is 0 Å². The smallest absolute Gasteiger partial charge is 0.545 e. The summed E-state index contributed by atoms with van der Waals surface area (Å²) in [6, 6.07) is 10.2. The van der Waals surface area contributed by atoms with E-state index in [1.54, 1.807) is 0 Å². The van der Waals surface area contributed by atoms with Crippen molar-refractivity contribution < 1.29 is 39.5 Å². The molecule has 0 saturated heterocycles. The van der Waals surface area contributed by atoms with Crippen molar-refractivity contribution in [1.82, 2.24) is 0 Å². The van der Waals surface area contributed by atoms with Crippen molar-refractivity contribution in [3.05, 3.63) is 71.3 Å². The van der Waals surface area contributed by atoms with Gasteiger partial charge in [0.1, 0.15) is 11.6 Å². The molecule has 6 nitrogen and oxygen atoms in total. The third kappa shape index (κ3) is 8.58. The maximum absolute atomic E-state index is 12.4. The predicted octanol–water partition coefficient (Wildman–Crippen LogP) is -1.65.